The highest BCUT2D eigenvalue weighted by molar-refractivity contribution is 8.01. The molecule has 1 amide bonds. The van der Waals surface area contributed by atoms with Crippen LogP contribution in [0.4, 0.5) is 0 Å². The number of carbonyl (C=O) groups is 1. The average Bonchev–Trinajstić information content (AvgIpc) is 3.22. The fourth-order valence-electron chi connectivity index (χ4n) is 2.73. The Labute approximate surface area is 203 Å². The first-order valence-corrected chi connectivity index (χ1v) is 12.1. The summed E-state index contributed by atoms with van der Waals surface area (Å²) in [7, 11) is 0. The number of halogens is 2. The molecule has 0 atom stereocenters. The van der Waals surface area contributed by atoms with Crippen LogP contribution >= 0.6 is 46.3 Å². The number of nitrogens with zero attached hydrogens (tertiary/aromatic N) is 2. The summed E-state index contributed by atoms with van der Waals surface area (Å²) in [6.45, 7) is 0.358. The number of rotatable bonds is 8. The zero-order valence-electron chi connectivity index (χ0n) is 16.6. The van der Waals surface area contributed by atoms with E-state index in [0.717, 1.165) is 25.7 Å². The molecule has 0 fully saturated rings. The lowest BCUT2D eigenvalue weighted by molar-refractivity contribution is -0.118. The van der Waals surface area contributed by atoms with Gasteiger partial charge in [0.05, 0.1) is 32.2 Å². The molecule has 1 heterocycles. The lowest BCUT2D eigenvalue weighted by Crippen LogP contribution is -2.19. The van der Waals surface area contributed by atoms with Gasteiger partial charge in [0.25, 0.3) is 5.91 Å². The third-order valence-electron chi connectivity index (χ3n) is 4.25. The fourth-order valence-corrected chi connectivity index (χ4v) is 4.91. The fraction of sp³-hybridized carbons (Fsp3) is 0.0870. The first-order chi connectivity index (χ1) is 15.6. The molecule has 0 aliphatic carbocycles. The minimum Gasteiger partial charge on any atom is -0.489 e. The normalized spacial score (nSPS) is 11.2. The van der Waals surface area contributed by atoms with E-state index in [1.54, 1.807) is 29.7 Å². The van der Waals surface area contributed by atoms with Gasteiger partial charge in [-0.15, -0.1) is 11.3 Å². The number of fused-ring (bicyclic) bond motifs is 1. The van der Waals surface area contributed by atoms with Gasteiger partial charge in [0.1, 0.15) is 12.4 Å². The third kappa shape index (κ3) is 6.23. The number of ether oxygens (including phenoxy) is 1. The maximum atomic E-state index is 12.1. The molecule has 0 aliphatic rings. The minimum absolute atomic E-state index is 0.197. The van der Waals surface area contributed by atoms with Crippen LogP contribution in [0.2, 0.25) is 10.0 Å². The van der Waals surface area contributed by atoms with E-state index in [2.05, 4.69) is 15.5 Å². The zero-order chi connectivity index (χ0) is 22.3. The van der Waals surface area contributed by atoms with E-state index in [0.29, 0.717) is 22.4 Å². The van der Waals surface area contributed by atoms with Gasteiger partial charge in [-0.1, -0.05) is 65.3 Å². The molecule has 1 aromatic heterocycles. The van der Waals surface area contributed by atoms with Crippen molar-refractivity contribution in [2.75, 3.05) is 5.75 Å². The second-order valence-corrected chi connectivity index (χ2v) is 9.71. The van der Waals surface area contributed by atoms with Gasteiger partial charge in [-0.2, -0.15) is 5.10 Å². The van der Waals surface area contributed by atoms with Crippen molar-refractivity contribution < 1.29 is 9.53 Å². The topological polar surface area (TPSA) is 63.6 Å². The number of carbonyl (C=O) groups excluding carboxylic acids is 1. The van der Waals surface area contributed by atoms with Crippen LogP contribution in [0.25, 0.3) is 10.2 Å². The number of benzene rings is 3. The number of hydrogen-bond acceptors (Lipinski definition) is 6. The first-order valence-electron chi connectivity index (χ1n) is 9.54. The molecular formula is C23H17Cl2N3O2S2. The van der Waals surface area contributed by atoms with Crippen molar-refractivity contribution in [1.29, 1.82) is 0 Å². The average molecular weight is 502 g/mol. The zero-order valence-corrected chi connectivity index (χ0v) is 19.8. The quantitative estimate of drug-likeness (QED) is 0.172. The maximum Gasteiger partial charge on any atom is 0.250 e. The molecule has 0 aliphatic heterocycles. The highest BCUT2D eigenvalue weighted by Gasteiger charge is 2.07. The number of thioether (sulfide) groups is 1. The summed E-state index contributed by atoms with van der Waals surface area (Å²) in [5, 5.41) is 5.03. The maximum absolute atomic E-state index is 12.1. The van der Waals surface area contributed by atoms with E-state index in [9.17, 15) is 4.79 Å². The molecule has 32 heavy (non-hydrogen) atoms. The largest absolute Gasteiger partial charge is 0.489 e. The van der Waals surface area contributed by atoms with Crippen molar-refractivity contribution in [2.45, 2.75) is 10.9 Å². The van der Waals surface area contributed by atoms with Crippen LogP contribution in [0.3, 0.4) is 0 Å². The molecule has 5 nitrogen and oxygen atoms in total. The molecular weight excluding hydrogens is 485 g/mol. The Hall–Kier alpha value is -2.58. The summed E-state index contributed by atoms with van der Waals surface area (Å²) in [5.41, 5.74) is 5.20. The van der Waals surface area contributed by atoms with Gasteiger partial charge in [-0.05, 0) is 47.5 Å². The smallest absolute Gasteiger partial charge is 0.250 e. The number of amides is 1. The van der Waals surface area contributed by atoms with Gasteiger partial charge in [0.15, 0.2) is 4.34 Å². The van der Waals surface area contributed by atoms with Gasteiger partial charge in [0.2, 0.25) is 0 Å². The van der Waals surface area contributed by atoms with Crippen LogP contribution in [-0.4, -0.2) is 22.9 Å². The van der Waals surface area contributed by atoms with Crippen molar-refractivity contribution in [3.05, 3.63) is 87.9 Å². The van der Waals surface area contributed by atoms with Gasteiger partial charge in [-0.3, -0.25) is 4.79 Å². The second-order valence-electron chi connectivity index (χ2n) is 6.64. The highest BCUT2D eigenvalue weighted by atomic mass is 35.5. The predicted octanol–water partition coefficient (Wildman–Crippen LogP) is 6.42. The Bertz CT molecular complexity index is 1240. The minimum atomic E-state index is -0.197. The SMILES string of the molecule is O=C(CSc1nc2ccccc2s1)N/N=C\c1cccc(OCc2ccc(Cl)c(Cl)c2)c1. The Kier molecular flexibility index (Phi) is 7.65. The predicted molar refractivity (Wildman–Crippen MR) is 133 cm³/mol. The van der Waals surface area contributed by atoms with Gasteiger partial charge >= 0.3 is 0 Å². The van der Waals surface area contributed by atoms with Crippen LogP contribution in [0.15, 0.2) is 76.2 Å². The molecule has 0 spiro atoms. The number of aromatic nitrogens is 1. The second kappa shape index (κ2) is 10.8. The van der Waals surface area contributed by atoms with Crippen molar-refractivity contribution in [3.63, 3.8) is 0 Å². The molecule has 0 saturated carbocycles. The monoisotopic (exact) mass is 501 g/mol. The Morgan fingerprint density at radius 1 is 1.09 bits per heavy atom. The molecule has 3 aromatic carbocycles. The van der Waals surface area contributed by atoms with Crippen LogP contribution in [0.1, 0.15) is 11.1 Å². The molecule has 1 N–H and O–H groups in total. The molecule has 0 saturated heterocycles. The molecule has 0 bridgehead atoms. The molecule has 0 radical (unpaired) electrons. The van der Waals surface area contributed by atoms with E-state index in [1.165, 1.54) is 11.8 Å². The summed E-state index contributed by atoms with van der Waals surface area (Å²) in [6.07, 6.45) is 1.58. The van der Waals surface area contributed by atoms with Gasteiger partial charge in [0, 0.05) is 0 Å². The Morgan fingerprint density at radius 2 is 1.97 bits per heavy atom. The Morgan fingerprint density at radius 3 is 2.81 bits per heavy atom. The van der Waals surface area contributed by atoms with Crippen molar-refractivity contribution in [3.8, 4) is 5.75 Å². The molecule has 0 unspecified atom stereocenters. The molecule has 162 valence electrons. The molecule has 4 rings (SSSR count). The molecule has 9 heteroatoms. The standard InChI is InChI=1S/C23H17Cl2N3O2S2/c24-18-9-8-16(11-19(18)25)13-30-17-5-3-4-15(10-17)12-26-28-22(29)14-31-23-27-20-6-1-2-7-21(20)32-23/h1-12H,13-14H2,(H,28,29)/b26-12-. The third-order valence-corrected chi connectivity index (χ3v) is 7.17. The summed E-state index contributed by atoms with van der Waals surface area (Å²) in [6, 6.07) is 20.7. The van der Waals surface area contributed by atoms with Crippen LogP contribution < -0.4 is 10.2 Å². The lowest BCUT2D eigenvalue weighted by Gasteiger charge is -2.08. The number of hydrogen-bond donors (Lipinski definition) is 1. The number of hydrazone groups is 1. The van der Waals surface area contributed by atoms with Gasteiger partial charge in [-0.25, -0.2) is 10.4 Å². The van der Waals surface area contributed by atoms with Crippen LogP contribution in [0, 0.1) is 0 Å². The first kappa shape index (κ1) is 22.6. The summed E-state index contributed by atoms with van der Waals surface area (Å²) in [5.74, 6) is 0.722. The van der Waals surface area contributed by atoms with E-state index in [1.807, 2.05) is 54.6 Å². The van der Waals surface area contributed by atoms with Crippen LogP contribution in [0.5, 0.6) is 5.75 Å². The number of para-hydroxylation sites is 1. The number of thiazole rings is 1. The summed E-state index contributed by atoms with van der Waals surface area (Å²) < 4.78 is 7.77. The van der Waals surface area contributed by atoms with Crippen LogP contribution in [-0.2, 0) is 11.4 Å². The van der Waals surface area contributed by atoms with Crippen molar-refractivity contribution in [1.82, 2.24) is 10.4 Å². The van der Waals surface area contributed by atoms with Crippen molar-refractivity contribution >= 4 is 68.6 Å². The van der Waals surface area contributed by atoms with Gasteiger partial charge < -0.3 is 4.74 Å². The highest BCUT2D eigenvalue weighted by Crippen LogP contribution is 2.29. The number of nitrogens with one attached hydrogen (secondary N) is 1. The van der Waals surface area contributed by atoms with E-state index >= 15 is 0 Å². The van der Waals surface area contributed by atoms with E-state index in [4.69, 9.17) is 27.9 Å². The van der Waals surface area contributed by atoms with E-state index in [-0.39, 0.29) is 11.7 Å². The summed E-state index contributed by atoms with van der Waals surface area (Å²) >= 11 is 14.9. The van der Waals surface area contributed by atoms with Crippen molar-refractivity contribution in [2.24, 2.45) is 5.10 Å². The summed E-state index contributed by atoms with van der Waals surface area (Å²) in [4.78, 5) is 16.6. The Balaban J connectivity index is 1.26. The molecule has 4 aromatic rings. The van der Waals surface area contributed by atoms with E-state index < -0.39 is 0 Å². The lowest BCUT2D eigenvalue weighted by atomic mass is 10.2.